The fraction of sp³-hybridized carbons (Fsp3) is 0.857. The summed E-state index contributed by atoms with van der Waals surface area (Å²) in [6.07, 6.45) is 3.22. The van der Waals surface area contributed by atoms with Gasteiger partial charge in [0.2, 0.25) is 0 Å². The van der Waals surface area contributed by atoms with Crippen LogP contribution in [0.25, 0.3) is 0 Å². The number of urea groups is 1. The molecule has 2 aliphatic rings. The van der Waals surface area contributed by atoms with Gasteiger partial charge in [-0.05, 0) is 36.7 Å². The van der Waals surface area contributed by atoms with Crippen LogP contribution in [0.15, 0.2) is 0 Å². The number of hydrogen-bond acceptors (Lipinski definition) is 4. The van der Waals surface area contributed by atoms with Gasteiger partial charge < -0.3 is 15.3 Å². The highest BCUT2D eigenvalue weighted by Crippen LogP contribution is 2.21. The zero-order valence-corrected chi connectivity index (χ0v) is 13.2. The summed E-state index contributed by atoms with van der Waals surface area (Å²) in [5.41, 5.74) is 0. The molecule has 0 unspecified atom stereocenters. The summed E-state index contributed by atoms with van der Waals surface area (Å²) in [6.45, 7) is 3.54. The number of nitrogens with one attached hydrogen (secondary N) is 1. The third kappa shape index (κ3) is 5.74. The van der Waals surface area contributed by atoms with E-state index in [0.717, 1.165) is 19.5 Å². The molecule has 6 nitrogen and oxygen atoms in total. The lowest BCUT2D eigenvalue weighted by atomic mass is 10.0. The molecule has 21 heavy (non-hydrogen) atoms. The molecule has 2 rings (SSSR count). The number of thioether (sulfide) groups is 1. The average Bonchev–Trinajstić information content (AvgIpc) is 2.71. The van der Waals surface area contributed by atoms with Gasteiger partial charge >= 0.3 is 12.0 Å². The number of aliphatic carboxylic acids is 1. The number of nitrogens with zero attached hydrogens (tertiary/aromatic N) is 2. The van der Waals surface area contributed by atoms with Crippen LogP contribution in [0.3, 0.4) is 0 Å². The fourth-order valence-electron chi connectivity index (χ4n) is 2.82. The molecule has 2 saturated heterocycles. The Kier molecular flexibility index (Phi) is 6.63. The van der Waals surface area contributed by atoms with Crippen molar-refractivity contribution in [1.29, 1.82) is 0 Å². The molecule has 0 spiro atoms. The van der Waals surface area contributed by atoms with Gasteiger partial charge in [0.15, 0.2) is 0 Å². The molecule has 0 aromatic carbocycles. The molecule has 2 fully saturated rings. The molecule has 7 heteroatoms. The zero-order chi connectivity index (χ0) is 15.1. The van der Waals surface area contributed by atoms with E-state index in [1.807, 2.05) is 21.6 Å². The van der Waals surface area contributed by atoms with Crippen molar-refractivity contribution in [1.82, 2.24) is 15.1 Å². The summed E-state index contributed by atoms with van der Waals surface area (Å²) in [7, 11) is 0. The molecule has 120 valence electrons. The predicted molar refractivity (Wildman–Crippen MR) is 83.7 cm³/mol. The minimum Gasteiger partial charge on any atom is -0.480 e. The van der Waals surface area contributed by atoms with Crippen molar-refractivity contribution >= 4 is 23.8 Å². The number of carboxylic acids is 1. The molecule has 2 aliphatic heterocycles. The van der Waals surface area contributed by atoms with Crippen molar-refractivity contribution in [3.8, 4) is 0 Å². The summed E-state index contributed by atoms with van der Waals surface area (Å²) < 4.78 is 0. The second-order valence-corrected chi connectivity index (χ2v) is 6.98. The van der Waals surface area contributed by atoms with Crippen LogP contribution in [0.5, 0.6) is 0 Å². The Labute approximate surface area is 130 Å². The third-order valence-electron chi connectivity index (χ3n) is 4.12. The Hall–Kier alpha value is -0.950. The maximum absolute atomic E-state index is 12.2. The molecule has 0 bridgehead atoms. The van der Waals surface area contributed by atoms with Crippen LogP contribution in [0.2, 0.25) is 0 Å². The van der Waals surface area contributed by atoms with E-state index in [1.165, 1.54) is 24.3 Å². The van der Waals surface area contributed by atoms with Gasteiger partial charge in [0.05, 0.1) is 6.54 Å². The minimum atomic E-state index is -0.803. The van der Waals surface area contributed by atoms with Gasteiger partial charge in [-0.15, -0.1) is 0 Å². The van der Waals surface area contributed by atoms with Crippen molar-refractivity contribution in [2.75, 3.05) is 50.8 Å². The number of carbonyl (C=O) groups excluding carboxylic acids is 1. The smallest absolute Gasteiger partial charge is 0.317 e. The van der Waals surface area contributed by atoms with Crippen molar-refractivity contribution in [3.63, 3.8) is 0 Å². The van der Waals surface area contributed by atoms with Crippen molar-refractivity contribution in [2.45, 2.75) is 19.3 Å². The molecule has 0 saturated carbocycles. The lowest BCUT2D eigenvalue weighted by molar-refractivity contribution is -0.138. The van der Waals surface area contributed by atoms with Gasteiger partial charge in [-0.2, -0.15) is 11.8 Å². The van der Waals surface area contributed by atoms with E-state index in [9.17, 15) is 9.59 Å². The van der Waals surface area contributed by atoms with Crippen molar-refractivity contribution in [2.24, 2.45) is 5.92 Å². The van der Waals surface area contributed by atoms with Gasteiger partial charge in [0, 0.05) is 32.7 Å². The van der Waals surface area contributed by atoms with Crippen LogP contribution in [0, 0.1) is 5.92 Å². The second kappa shape index (κ2) is 8.48. The van der Waals surface area contributed by atoms with E-state index < -0.39 is 5.97 Å². The molecule has 0 atom stereocenters. The predicted octanol–water partition coefficient (Wildman–Crippen LogP) is 0.931. The Morgan fingerprint density at radius 1 is 1.14 bits per heavy atom. The Morgan fingerprint density at radius 3 is 2.62 bits per heavy atom. The fourth-order valence-corrected chi connectivity index (χ4v) is 4.02. The maximum Gasteiger partial charge on any atom is 0.317 e. The van der Waals surface area contributed by atoms with Gasteiger partial charge in [0.25, 0.3) is 0 Å². The van der Waals surface area contributed by atoms with Crippen LogP contribution in [0.1, 0.15) is 19.3 Å². The number of amides is 2. The third-order valence-corrected chi connectivity index (χ3v) is 5.17. The molecular formula is C14H25N3O3S. The number of rotatable bonds is 4. The summed E-state index contributed by atoms with van der Waals surface area (Å²) in [5.74, 6) is 2.22. The summed E-state index contributed by atoms with van der Waals surface area (Å²) >= 11 is 1.99. The Balaban J connectivity index is 1.70. The summed E-state index contributed by atoms with van der Waals surface area (Å²) in [5, 5.41) is 11.9. The molecule has 0 radical (unpaired) electrons. The first-order valence-electron chi connectivity index (χ1n) is 7.70. The zero-order valence-electron chi connectivity index (χ0n) is 12.4. The highest BCUT2D eigenvalue weighted by molar-refractivity contribution is 7.99. The highest BCUT2D eigenvalue weighted by Gasteiger charge is 2.21. The first-order valence-corrected chi connectivity index (χ1v) is 8.85. The van der Waals surface area contributed by atoms with Gasteiger partial charge in [-0.25, -0.2) is 4.79 Å². The monoisotopic (exact) mass is 315 g/mol. The quantitative estimate of drug-likeness (QED) is 0.807. The van der Waals surface area contributed by atoms with Crippen molar-refractivity contribution in [3.05, 3.63) is 0 Å². The molecule has 0 aliphatic carbocycles. The van der Waals surface area contributed by atoms with Crippen molar-refractivity contribution < 1.29 is 14.7 Å². The molecular weight excluding hydrogens is 290 g/mol. The first kappa shape index (κ1) is 16.4. The Morgan fingerprint density at radius 2 is 1.90 bits per heavy atom. The molecule has 2 heterocycles. The second-order valence-electron chi connectivity index (χ2n) is 5.75. The van der Waals surface area contributed by atoms with E-state index in [-0.39, 0.29) is 12.6 Å². The highest BCUT2D eigenvalue weighted by atomic mass is 32.2. The Bertz CT molecular complexity index is 361. The molecule has 0 aromatic heterocycles. The summed E-state index contributed by atoms with van der Waals surface area (Å²) in [6, 6.07) is 0.00500. The molecule has 2 amide bonds. The van der Waals surface area contributed by atoms with Crippen LogP contribution in [0.4, 0.5) is 4.79 Å². The molecule has 0 aromatic rings. The van der Waals surface area contributed by atoms with Gasteiger partial charge in [0.1, 0.15) is 0 Å². The lowest BCUT2D eigenvalue weighted by Gasteiger charge is -2.25. The van der Waals surface area contributed by atoms with Crippen LogP contribution >= 0.6 is 11.8 Å². The van der Waals surface area contributed by atoms with E-state index in [2.05, 4.69) is 5.32 Å². The van der Waals surface area contributed by atoms with E-state index >= 15 is 0 Å². The largest absolute Gasteiger partial charge is 0.480 e. The topological polar surface area (TPSA) is 72.9 Å². The SMILES string of the molecule is O=C(O)CN1CCCN(C(=O)NCC2CCSCC2)CC1. The molecule has 2 N–H and O–H groups in total. The average molecular weight is 315 g/mol. The number of hydrogen-bond donors (Lipinski definition) is 2. The number of carbonyl (C=O) groups is 2. The van der Waals surface area contributed by atoms with Gasteiger partial charge in [-0.1, -0.05) is 0 Å². The first-order chi connectivity index (χ1) is 10.1. The van der Waals surface area contributed by atoms with E-state index in [4.69, 9.17) is 5.11 Å². The maximum atomic E-state index is 12.2. The van der Waals surface area contributed by atoms with E-state index in [0.29, 0.717) is 25.6 Å². The van der Waals surface area contributed by atoms with E-state index in [1.54, 1.807) is 0 Å². The normalized spacial score (nSPS) is 21.8. The van der Waals surface area contributed by atoms with Crippen LogP contribution in [-0.2, 0) is 4.79 Å². The van der Waals surface area contributed by atoms with Crippen LogP contribution in [-0.4, -0.2) is 77.7 Å². The standard InChI is InChI=1S/C14H25N3O3S/c18-13(19)11-16-4-1-5-17(7-6-16)14(20)15-10-12-2-8-21-9-3-12/h12H,1-11H2,(H,15,20)(H,18,19). The minimum absolute atomic E-state index is 0.00500. The lowest BCUT2D eigenvalue weighted by Crippen LogP contribution is -2.44. The number of carboxylic acid groups (broad SMARTS) is 1. The summed E-state index contributed by atoms with van der Waals surface area (Å²) in [4.78, 5) is 26.6. The van der Waals surface area contributed by atoms with Crippen LogP contribution < -0.4 is 5.32 Å². The van der Waals surface area contributed by atoms with Gasteiger partial charge in [-0.3, -0.25) is 9.69 Å².